The van der Waals surface area contributed by atoms with Gasteiger partial charge in [-0.1, -0.05) is 19.1 Å². The summed E-state index contributed by atoms with van der Waals surface area (Å²) in [4.78, 5) is 6.17. The van der Waals surface area contributed by atoms with Crippen LogP contribution in [0.5, 0.6) is 0 Å². The number of hydrogen-bond donors (Lipinski definition) is 2. The van der Waals surface area contributed by atoms with E-state index in [4.69, 9.17) is 5.73 Å². The summed E-state index contributed by atoms with van der Waals surface area (Å²) in [6.45, 7) is 6.05. The highest BCUT2D eigenvalue weighted by Crippen LogP contribution is 2.19. The van der Waals surface area contributed by atoms with E-state index in [1.807, 2.05) is 11.9 Å². The van der Waals surface area contributed by atoms with Gasteiger partial charge >= 0.3 is 0 Å². The standard InChI is InChI=1S/C13H23FN4/c1-5-9(2)6-7-11-17-13(15)10(14)8-12(16-3)18(11)4/h8,10-11,16H,2,5-7H2,1,3-4H3,(H2,15,17). The normalized spacial score (nSPS) is 24.1. The lowest BCUT2D eigenvalue weighted by atomic mass is 10.1. The van der Waals surface area contributed by atoms with Crippen LogP contribution in [0.15, 0.2) is 29.0 Å². The SMILES string of the molecule is C=C(CC)CCC1N=C(N)C(F)C=C(NC)N1C. The Morgan fingerprint density at radius 3 is 2.89 bits per heavy atom. The lowest BCUT2D eigenvalue weighted by Gasteiger charge is -2.28. The Bertz CT molecular complexity index is 362. The predicted molar refractivity (Wildman–Crippen MR) is 73.9 cm³/mol. The van der Waals surface area contributed by atoms with Gasteiger partial charge < -0.3 is 16.0 Å². The van der Waals surface area contributed by atoms with Gasteiger partial charge in [-0.3, -0.25) is 0 Å². The highest BCUT2D eigenvalue weighted by Gasteiger charge is 2.23. The molecule has 1 aliphatic heterocycles. The molecule has 4 nitrogen and oxygen atoms in total. The van der Waals surface area contributed by atoms with Crippen molar-refractivity contribution >= 4 is 5.84 Å². The molecule has 3 N–H and O–H groups in total. The molecule has 0 aromatic heterocycles. The van der Waals surface area contributed by atoms with Gasteiger partial charge in [0.25, 0.3) is 0 Å². The summed E-state index contributed by atoms with van der Waals surface area (Å²) in [5.74, 6) is 0.748. The lowest BCUT2D eigenvalue weighted by molar-refractivity contribution is 0.282. The van der Waals surface area contributed by atoms with E-state index in [-0.39, 0.29) is 12.0 Å². The first-order valence-electron chi connectivity index (χ1n) is 6.25. The second-order valence-electron chi connectivity index (χ2n) is 4.49. The average molecular weight is 254 g/mol. The van der Waals surface area contributed by atoms with Crippen molar-refractivity contribution in [2.45, 2.75) is 38.5 Å². The van der Waals surface area contributed by atoms with Crippen LogP contribution >= 0.6 is 0 Å². The minimum atomic E-state index is -1.32. The Morgan fingerprint density at radius 1 is 1.67 bits per heavy atom. The fourth-order valence-corrected chi connectivity index (χ4v) is 1.86. The minimum Gasteiger partial charge on any atom is -0.385 e. The van der Waals surface area contributed by atoms with Gasteiger partial charge in [0, 0.05) is 14.1 Å². The number of rotatable bonds is 5. The first-order valence-corrected chi connectivity index (χ1v) is 6.25. The van der Waals surface area contributed by atoms with E-state index in [1.54, 1.807) is 7.05 Å². The number of hydrogen-bond acceptors (Lipinski definition) is 4. The maximum Gasteiger partial charge on any atom is 0.179 e. The Kier molecular flexibility index (Phi) is 5.19. The highest BCUT2D eigenvalue weighted by molar-refractivity contribution is 5.87. The fraction of sp³-hybridized carbons (Fsp3) is 0.615. The number of nitrogens with one attached hydrogen (secondary N) is 1. The molecule has 0 saturated heterocycles. The van der Waals surface area contributed by atoms with Gasteiger partial charge in [0.2, 0.25) is 0 Å². The third-order valence-electron chi connectivity index (χ3n) is 3.22. The second kappa shape index (κ2) is 6.42. The van der Waals surface area contributed by atoms with E-state index in [0.717, 1.165) is 19.3 Å². The van der Waals surface area contributed by atoms with Gasteiger partial charge in [-0.2, -0.15) is 0 Å². The first kappa shape index (κ1) is 14.5. The molecule has 0 aliphatic carbocycles. The van der Waals surface area contributed by atoms with E-state index < -0.39 is 6.17 Å². The van der Waals surface area contributed by atoms with Gasteiger partial charge in [0.15, 0.2) is 6.17 Å². The number of allylic oxidation sites excluding steroid dienone is 1. The Morgan fingerprint density at radius 2 is 2.33 bits per heavy atom. The number of alkyl halides is 1. The van der Waals surface area contributed by atoms with E-state index in [1.165, 1.54) is 11.6 Å². The van der Waals surface area contributed by atoms with E-state index in [2.05, 4.69) is 23.8 Å². The molecular weight excluding hydrogens is 231 g/mol. The van der Waals surface area contributed by atoms with Crippen LogP contribution in [0.3, 0.4) is 0 Å². The number of nitrogens with two attached hydrogens (primary N) is 1. The van der Waals surface area contributed by atoms with Crippen LogP contribution < -0.4 is 11.1 Å². The number of aliphatic imine (C=N–C) groups is 1. The number of halogens is 1. The monoisotopic (exact) mass is 254 g/mol. The van der Waals surface area contributed by atoms with Crippen molar-refractivity contribution in [2.75, 3.05) is 14.1 Å². The third-order valence-corrected chi connectivity index (χ3v) is 3.22. The molecule has 0 radical (unpaired) electrons. The van der Waals surface area contributed by atoms with Crippen molar-refractivity contribution in [3.05, 3.63) is 24.0 Å². The number of amidine groups is 1. The topological polar surface area (TPSA) is 53.6 Å². The average Bonchev–Trinajstić information content (AvgIpc) is 2.47. The molecule has 0 spiro atoms. The van der Waals surface area contributed by atoms with Crippen LogP contribution in [0.25, 0.3) is 0 Å². The van der Waals surface area contributed by atoms with Crippen LogP contribution in [-0.2, 0) is 0 Å². The van der Waals surface area contributed by atoms with Crippen molar-refractivity contribution in [1.29, 1.82) is 0 Å². The zero-order valence-electron chi connectivity index (χ0n) is 11.4. The van der Waals surface area contributed by atoms with E-state index in [9.17, 15) is 4.39 Å². The Hall–Kier alpha value is -1.52. The van der Waals surface area contributed by atoms with Crippen LogP contribution in [-0.4, -0.2) is 37.2 Å². The molecule has 2 unspecified atom stereocenters. The molecule has 0 bridgehead atoms. The summed E-state index contributed by atoms with van der Waals surface area (Å²) in [6.07, 6.45) is 2.59. The quantitative estimate of drug-likeness (QED) is 0.735. The van der Waals surface area contributed by atoms with Gasteiger partial charge in [0.05, 0.1) is 0 Å². The van der Waals surface area contributed by atoms with Crippen LogP contribution in [0.1, 0.15) is 26.2 Å². The maximum atomic E-state index is 13.7. The smallest absolute Gasteiger partial charge is 0.179 e. The van der Waals surface area contributed by atoms with Crippen molar-refractivity contribution < 1.29 is 4.39 Å². The zero-order valence-corrected chi connectivity index (χ0v) is 11.4. The molecule has 2 atom stereocenters. The second-order valence-corrected chi connectivity index (χ2v) is 4.49. The van der Waals surface area contributed by atoms with Crippen molar-refractivity contribution in [3.8, 4) is 0 Å². The van der Waals surface area contributed by atoms with Crippen LogP contribution in [0, 0.1) is 0 Å². The van der Waals surface area contributed by atoms with Crippen LogP contribution in [0.2, 0.25) is 0 Å². The summed E-state index contributed by atoms with van der Waals surface area (Å²) in [5.41, 5.74) is 6.81. The van der Waals surface area contributed by atoms with E-state index in [0.29, 0.717) is 5.82 Å². The van der Waals surface area contributed by atoms with Gasteiger partial charge in [-0.05, 0) is 25.3 Å². The van der Waals surface area contributed by atoms with Gasteiger partial charge in [-0.15, -0.1) is 0 Å². The lowest BCUT2D eigenvalue weighted by Crippen LogP contribution is -2.34. The molecule has 0 fully saturated rings. The van der Waals surface area contributed by atoms with E-state index >= 15 is 0 Å². The molecule has 18 heavy (non-hydrogen) atoms. The molecule has 1 heterocycles. The van der Waals surface area contributed by atoms with Crippen LogP contribution in [0.4, 0.5) is 4.39 Å². The predicted octanol–water partition coefficient (Wildman–Crippen LogP) is 1.76. The maximum absolute atomic E-state index is 13.7. The zero-order chi connectivity index (χ0) is 13.7. The molecular formula is C13H23FN4. The fourth-order valence-electron chi connectivity index (χ4n) is 1.86. The summed E-state index contributed by atoms with van der Waals surface area (Å²) in [7, 11) is 3.65. The Balaban J connectivity index is 2.82. The molecule has 1 rings (SSSR count). The van der Waals surface area contributed by atoms with Crippen molar-refractivity contribution in [1.82, 2.24) is 10.2 Å². The molecule has 1 aliphatic rings. The van der Waals surface area contributed by atoms with Gasteiger partial charge in [0.1, 0.15) is 17.8 Å². The summed E-state index contributed by atoms with van der Waals surface area (Å²) in [5, 5.41) is 2.97. The molecule has 0 aromatic carbocycles. The molecule has 5 heteroatoms. The van der Waals surface area contributed by atoms with Crippen molar-refractivity contribution in [3.63, 3.8) is 0 Å². The summed E-state index contributed by atoms with van der Waals surface area (Å²) < 4.78 is 13.7. The molecule has 0 aromatic rings. The summed E-state index contributed by atoms with van der Waals surface area (Å²) in [6, 6.07) is 0. The van der Waals surface area contributed by atoms with Gasteiger partial charge in [-0.25, -0.2) is 9.38 Å². The molecule has 102 valence electrons. The number of nitrogens with zero attached hydrogens (tertiary/aromatic N) is 2. The third kappa shape index (κ3) is 3.48. The van der Waals surface area contributed by atoms with Crippen molar-refractivity contribution in [2.24, 2.45) is 10.7 Å². The highest BCUT2D eigenvalue weighted by atomic mass is 19.1. The largest absolute Gasteiger partial charge is 0.385 e. The summed E-state index contributed by atoms with van der Waals surface area (Å²) >= 11 is 0. The molecule has 0 saturated carbocycles. The Labute approximate surface area is 108 Å². The minimum absolute atomic E-state index is 0.0409. The molecule has 0 amide bonds. The first-order chi connectivity index (χ1) is 8.49.